The number of carbonyl (C=O) groups is 4. The smallest absolute Gasteiger partial charge is 0.462 e. The number of aliphatic hydroxyl groups is 1. The zero-order valence-electron chi connectivity index (χ0n) is 65.9. The summed E-state index contributed by atoms with van der Waals surface area (Å²) in [7, 11) is -9.92. The van der Waals surface area contributed by atoms with E-state index in [4.69, 9.17) is 37.0 Å². The molecule has 0 saturated carbocycles. The Morgan fingerprint density at radius 1 is 0.238 bits per heavy atom. The highest BCUT2D eigenvalue weighted by Crippen LogP contribution is 2.45. The van der Waals surface area contributed by atoms with E-state index in [0.717, 1.165) is 89.9 Å². The first-order chi connectivity index (χ1) is 49.2. The second-order valence-electron chi connectivity index (χ2n) is 29.5. The van der Waals surface area contributed by atoms with Crippen molar-refractivity contribution in [3.8, 4) is 0 Å². The highest BCUT2D eigenvalue weighted by molar-refractivity contribution is 7.47. The van der Waals surface area contributed by atoms with Crippen LogP contribution >= 0.6 is 15.6 Å². The van der Waals surface area contributed by atoms with Crippen molar-refractivity contribution in [1.29, 1.82) is 0 Å². The van der Waals surface area contributed by atoms with Gasteiger partial charge in [0.1, 0.15) is 19.3 Å². The molecule has 600 valence electrons. The molecule has 0 rings (SSSR count). The Morgan fingerprint density at radius 2 is 0.396 bits per heavy atom. The standard InChI is InChI=1S/C82H160O17P2/c1-5-9-13-17-21-25-29-33-36-37-38-39-42-45-49-53-57-61-65-69-82(87)99-78(73-93-80(85)67-63-59-55-51-47-43-40-34-30-26-22-18-14-10-6-2)75-97-101(90,91)95-71-76(83)70-94-100(88,89)96-74-77(72-92-79(84)66-62-58-54-50-46-32-28-24-20-16-12-8-4)98-81(86)68-64-60-56-52-48-44-41-35-31-27-23-19-15-11-7-3/h76-78,83H,5-75H2,1-4H3,(H,88,89)(H,90,91)/t76?,77-,78-/m1/s1. The van der Waals surface area contributed by atoms with Gasteiger partial charge in [-0.2, -0.15) is 0 Å². The Labute approximate surface area is 619 Å². The van der Waals surface area contributed by atoms with Gasteiger partial charge in [0.15, 0.2) is 12.2 Å². The Kier molecular flexibility index (Phi) is 74.8. The molecule has 0 aromatic carbocycles. The van der Waals surface area contributed by atoms with Gasteiger partial charge in [0.2, 0.25) is 0 Å². The number of phosphoric ester groups is 2. The molecule has 0 aliphatic heterocycles. The zero-order chi connectivity index (χ0) is 73.9. The lowest BCUT2D eigenvalue weighted by atomic mass is 10.0. The van der Waals surface area contributed by atoms with E-state index in [1.54, 1.807) is 0 Å². The van der Waals surface area contributed by atoms with Crippen LogP contribution < -0.4 is 0 Å². The molecule has 0 saturated heterocycles. The summed E-state index contributed by atoms with van der Waals surface area (Å²) >= 11 is 0. The third kappa shape index (κ3) is 76.1. The number of aliphatic hydroxyl groups excluding tert-OH is 1. The maximum Gasteiger partial charge on any atom is 0.472 e. The summed E-state index contributed by atoms with van der Waals surface area (Å²) in [6, 6.07) is 0. The number of unbranched alkanes of at least 4 members (excludes halogenated alkanes) is 57. The van der Waals surface area contributed by atoms with Gasteiger partial charge in [-0.1, -0.05) is 394 Å². The molecule has 0 radical (unpaired) electrons. The number of ether oxygens (including phenoxy) is 4. The third-order valence-electron chi connectivity index (χ3n) is 19.4. The summed E-state index contributed by atoms with van der Waals surface area (Å²) in [5, 5.41) is 10.7. The summed E-state index contributed by atoms with van der Waals surface area (Å²) in [4.78, 5) is 73.1. The van der Waals surface area contributed by atoms with Gasteiger partial charge in [0.05, 0.1) is 26.4 Å². The van der Waals surface area contributed by atoms with Crippen LogP contribution in [0.2, 0.25) is 0 Å². The highest BCUT2D eigenvalue weighted by Gasteiger charge is 2.30. The summed E-state index contributed by atoms with van der Waals surface area (Å²) in [6.07, 6.45) is 69.2. The number of hydrogen-bond donors (Lipinski definition) is 3. The molecule has 3 N–H and O–H groups in total. The SMILES string of the molecule is CCCCCCCCCCCCCCCCCCCCCC(=O)O[C@H](COC(=O)CCCCCCCCCCCCCCCCC)COP(=O)(O)OCC(O)COP(=O)(O)OC[C@@H](COC(=O)CCCCCCCCCCCCCC)OC(=O)CCCCCCCCCCCCCCCCC. The second-order valence-corrected chi connectivity index (χ2v) is 32.4. The minimum absolute atomic E-state index is 0.109. The third-order valence-corrected chi connectivity index (χ3v) is 21.3. The summed E-state index contributed by atoms with van der Waals surface area (Å²) in [5.41, 5.74) is 0. The summed E-state index contributed by atoms with van der Waals surface area (Å²) in [6.45, 7) is 5.04. The summed E-state index contributed by atoms with van der Waals surface area (Å²) < 4.78 is 68.8. The zero-order valence-corrected chi connectivity index (χ0v) is 67.7. The van der Waals surface area contributed by atoms with Crippen molar-refractivity contribution < 1.29 is 80.2 Å². The molecule has 17 nitrogen and oxygen atoms in total. The second kappa shape index (κ2) is 76.3. The van der Waals surface area contributed by atoms with Gasteiger partial charge in [-0.15, -0.1) is 0 Å². The van der Waals surface area contributed by atoms with Gasteiger partial charge < -0.3 is 33.8 Å². The van der Waals surface area contributed by atoms with Crippen molar-refractivity contribution >= 4 is 39.5 Å². The molecule has 0 spiro atoms. The van der Waals surface area contributed by atoms with Crippen LogP contribution in [0.15, 0.2) is 0 Å². The van der Waals surface area contributed by atoms with Crippen LogP contribution in [0.3, 0.4) is 0 Å². The number of carbonyl (C=O) groups excluding carboxylic acids is 4. The van der Waals surface area contributed by atoms with Crippen molar-refractivity contribution in [3.05, 3.63) is 0 Å². The maximum atomic E-state index is 13.1. The van der Waals surface area contributed by atoms with Crippen molar-refractivity contribution in [3.63, 3.8) is 0 Å². The van der Waals surface area contributed by atoms with Crippen LogP contribution in [-0.4, -0.2) is 96.7 Å². The fourth-order valence-electron chi connectivity index (χ4n) is 12.8. The van der Waals surface area contributed by atoms with Crippen LogP contribution in [0.25, 0.3) is 0 Å². The van der Waals surface area contributed by atoms with E-state index in [2.05, 4.69) is 27.7 Å². The fraction of sp³-hybridized carbons (Fsp3) is 0.951. The molecule has 0 heterocycles. The average molecular weight is 1480 g/mol. The van der Waals surface area contributed by atoms with Crippen LogP contribution in [0.4, 0.5) is 0 Å². The monoisotopic (exact) mass is 1480 g/mol. The predicted octanol–water partition coefficient (Wildman–Crippen LogP) is 25.0. The van der Waals surface area contributed by atoms with E-state index in [0.29, 0.717) is 25.7 Å². The van der Waals surface area contributed by atoms with E-state index in [1.807, 2.05) is 0 Å². The Morgan fingerprint density at radius 3 is 0.584 bits per heavy atom. The number of hydrogen-bond acceptors (Lipinski definition) is 15. The lowest BCUT2D eigenvalue weighted by Gasteiger charge is -2.21. The first-order valence-electron chi connectivity index (χ1n) is 42.8. The van der Waals surface area contributed by atoms with E-state index < -0.39 is 97.5 Å². The average Bonchev–Trinajstić information content (AvgIpc) is 1.05. The largest absolute Gasteiger partial charge is 0.472 e. The van der Waals surface area contributed by atoms with Gasteiger partial charge in [0.25, 0.3) is 0 Å². The number of phosphoric acid groups is 2. The highest BCUT2D eigenvalue weighted by atomic mass is 31.2. The molecule has 5 atom stereocenters. The van der Waals surface area contributed by atoms with Crippen molar-refractivity contribution in [1.82, 2.24) is 0 Å². The van der Waals surface area contributed by atoms with Crippen molar-refractivity contribution in [2.75, 3.05) is 39.6 Å². The molecule has 19 heteroatoms. The van der Waals surface area contributed by atoms with Gasteiger partial charge in [-0.25, -0.2) is 9.13 Å². The van der Waals surface area contributed by atoms with Crippen LogP contribution in [0.5, 0.6) is 0 Å². The van der Waals surface area contributed by atoms with E-state index in [1.165, 1.54) is 276 Å². The topological polar surface area (TPSA) is 237 Å². The fourth-order valence-corrected chi connectivity index (χ4v) is 14.4. The lowest BCUT2D eigenvalue weighted by molar-refractivity contribution is -0.161. The molecular weight excluding hydrogens is 1320 g/mol. The lowest BCUT2D eigenvalue weighted by Crippen LogP contribution is -2.30. The minimum atomic E-state index is -4.96. The summed E-state index contributed by atoms with van der Waals surface area (Å²) in [5.74, 6) is -2.10. The Bertz CT molecular complexity index is 1910. The molecule has 0 aromatic heterocycles. The van der Waals surface area contributed by atoms with Gasteiger partial charge in [-0.05, 0) is 25.7 Å². The molecule has 101 heavy (non-hydrogen) atoms. The van der Waals surface area contributed by atoms with Gasteiger partial charge in [-0.3, -0.25) is 37.3 Å². The van der Waals surface area contributed by atoms with E-state index >= 15 is 0 Å². The Balaban J connectivity index is 5.25. The van der Waals surface area contributed by atoms with E-state index in [9.17, 15) is 43.2 Å². The minimum Gasteiger partial charge on any atom is -0.462 e. The molecule has 0 aliphatic carbocycles. The van der Waals surface area contributed by atoms with E-state index in [-0.39, 0.29) is 25.7 Å². The number of esters is 4. The van der Waals surface area contributed by atoms with Crippen molar-refractivity contribution in [2.24, 2.45) is 0 Å². The van der Waals surface area contributed by atoms with Crippen LogP contribution in [0, 0.1) is 0 Å². The first-order valence-corrected chi connectivity index (χ1v) is 45.8. The molecular formula is C82H160O17P2. The normalized spacial score (nSPS) is 13.8. The molecule has 0 fully saturated rings. The molecule has 0 aromatic rings. The van der Waals surface area contributed by atoms with Gasteiger partial charge in [0, 0.05) is 25.7 Å². The molecule has 3 unspecified atom stereocenters. The molecule has 0 amide bonds. The van der Waals surface area contributed by atoms with Gasteiger partial charge >= 0.3 is 39.5 Å². The van der Waals surface area contributed by atoms with Crippen LogP contribution in [0.1, 0.15) is 445 Å². The molecule has 0 bridgehead atoms. The predicted molar refractivity (Wildman–Crippen MR) is 414 cm³/mol. The van der Waals surface area contributed by atoms with Crippen molar-refractivity contribution in [2.45, 2.75) is 463 Å². The Hall–Kier alpha value is -1.94. The quantitative estimate of drug-likeness (QED) is 0.0222. The van der Waals surface area contributed by atoms with Crippen LogP contribution in [-0.2, 0) is 65.4 Å². The molecule has 0 aliphatic rings. The number of rotatable bonds is 83. The first kappa shape index (κ1) is 99.1. The maximum absolute atomic E-state index is 13.1.